The average Bonchev–Trinajstić information content (AvgIpc) is 3.28. The molecule has 4 aromatic rings. The number of aromatic nitrogens is 1. The third-order valence-corrected chi connectivity index (χ3v) is 5.29. The molecule has 0 aliphatic heterocycles. The second-order valence-corrected chi connectivity index (χ2v) is 7.67. The van der Waals surface area contributed by atoms with Crippen LogP contribution in [-0.2, 0) is 16.0 Å². The van der Waals surface area contributed by atoms with E-state index in [-0.39, 0.29) is 18.9 Å². The number of carbonyl (C=O) groups excluding carboxylic acids is 3. The average molecular weight is 472 g/mol. The predicted molar refractivity (Wildman–Crippen MR) is 131 cm³/mol. The number of methoxy groups -OCH3 is 1. The maximum absolute atomic E-state index is 12.8. The first-order valence-corrected chi connectivity index (χ1v) is 11.0. The Balaban J connectivity index is 1.45. The fourth-order valence-electron chi connectivity index (χ4n) is 3.54. The van der Waals surface area contributed by atoms with Gasteiger partial charge in [0.15, 0.2) is 0 Å². The lowest BCUT2D eigenvalue weighted by Gasteiger charge is -2.08. The van der Waals surface area contributed by atoms with Gasteiger partial charge in [0.05, 0.1) is 31.3 Å². The number of H-pyrrole nitrogens is 1. The van der Waals surface area contributed by atoms with Crippen LogP contribution in [-0.4, -0.2) is 36.5 Å². The van der Waals surface area contributed by atoms with E-state index in [1.165, 1.54) is 24.3 Å². The summed E-state index contributed by atoms with van der Waals surface area (Å²) in [5.41, 5.74) is 2.82. The van der Waals surface area contributed by atoms with Crippen LogP contribution in [0.2, 0.25) is 0 Å². The molecule has 0 saturated heterocycles. The van der Waals surface area contributed by atoms with Crippen LogP contribution < -0.4 is 14.8 Å². The van der Waals surface area contributed by atoms with Crippen molar-refractivity contribution in [2.75, 3.05) is 19.0 Å². The van der Waals surface area contributed by atoms with Crippen LogP contribution in [0.3, 0.4) is 0 Å². The molecule has 35 heavy (non-hydrogen) atoms. The summed E-state index contributed by atoms with van der Waals surface area (Å²) in [7, 11) is 1.59. The Morgan fingerprint density at radius 2 is 1.60 bits per heavy atom. The minimum atomic E-state index is -0.568. The summed E-state index contributed by atoms with van der Waals surface area (Å²) in [5.74, 6) is -0.177. The Morgan fingerprint density at radius 3 is 2.29 bits per heavy atom. The molecule has 4 rings (SSSR count). The van der Waals surface area contributed by atoms with E-state index in [0.717, 1.165) is 16.8 Å². The summed E-state index contributed by atoms with van der Waals surface area (Å²) in [4.78, 5) is 40.1. The molecule has 8 heteroatoms. The van der Waals surface area contributed by atoms with Crippen molar-refractivity contribution in [2.24, 2.45) is 0 Å². The van der Waals surface area contributed by atoms with Crippen molar-refractivity contribution in [1.29, 1.82) is 0 Å². The standard InChI is InChI=1S/C27H24N2O6/c1-3-34-26(31)18-6-11-21(12-7-18)35-27(32)23-16-28-24-13-8-19(15-22(23)24)29-25(30)14-17-4-9-20(33-2)10-5-17/h4-13,15-16,28H,3,14H2,1-2H3,(H,29,30). The molecule has 0 atom stereocenters. The zero-order valence-corrected chi connectivity index (χ0v) is 19.3. The van der Waals surface area contributed by atoms with Crippen LogP contribution in [0, 0.1) is 0 Å². The third-order valence-electron chi connectivity index (χ3n) is 5.29. The van der Waals surface area contributed by atoms with Gasteiger partial charge in [-0.15, -0.1) is 0 Å². The van der Waals surface area contributed by atoms with Crippen LogP contribution in [0.4, 0.5) is 5.69 Å². The highest BCUT2D eigenvalue weighted by Crippen LogP contribution is 2.24. The highest BCUT2D eigenvalue weighted by Gasteiger charge is 2.16. The summed E-state index contributed by atoms with van der Waals surface area (Å²) >= 11 is 0. The lowest BCUT2D eigenvalue weighted by Crippen LogP contribution is -2.14. The topological polar surface area (TPSA) is 107 Å². The maximum atomic E-state index is 12.8. The van der Waals surface area contributed by atoms with Gasteiger partial charge in [-0.2, -0.15) is 0 Å². The summed E-state index contributed by atoms with van der Waals surface area (Å²) in [5, 5.41) is 3.48. The molecule has 0 spiro atoms. The quantitative estimate of drug-likeness (QED) is 0.283. The second kappa shape index (κ2) is 10.6. The number of carbonyl (C=O) groups is 3. The van der Waals surface area contributed by atoms with Gasteiger partial charge >= 0.3 is 11.9 Å². The van der Waals surface area contributed by atoms with Gasteiger partial charge in [0.2, 0.25) is 5.91 Å². The molecule has 0 saturated carbocycles. The van der Waals surface area contributed by atoms with Crippen LogP contribution >= 0.6 is 0 Å². The van der Waals surface area contributed by atoms with E-state index in [2.05, 4.69) is 10.3 Å². The zero-order valence-electron chi connectivity index (χ0n) is 19.3. The number of hydrogen-bond donors (Lipinski definition) is 2. The van der Waals surface area contributed by atoms with Gasteiger partial charge in [0.25, 0.3) is 0 Å². The molecule has 2 N–H and O–H groups in total. The fourth-order valence-corrected chi connectivity index (χ4v) is 3.54. The highest BCUT2D eigenvalue weighted by atomic mass is 16.5. The normalized spacial score (nSPS) is 10.6. The third kappa shape index (κ3) is 5.67. The van der Waals surface area contributed by atoms with Crippen molar-refractivity contribution in [3.63, 3.8) is 0 Å². The van der Waals surface area contributed by atoms with E-state index in [4.69, 9.17) is 14.2 Å². The fraction of sp³-hybridized carbons (Fsp3) is 0.148. The summed E-state index contributed by atoms with van der Waals surface area (Å²) < 4.78 is 15.6. The predicted octanol–water partition coefficient (Wildman–Crippen LogP) is 4.75. The van der Waals surface area contributed by atoms with Crippen LogP contribution in [0.1, 0.15) is 33.2 Å². The molecular formula is C27H24N2O6. The van der Waals surface area contributed by atoms with E-state index in [1.54, 1.807) is 50.6 Å². The zero-order chi connectivity index (χ0) is 24.8. The van der Waals surface area contributed by atoms with Crippen molar-refractivity contribution in [1.82, 2.24) is 4.98 Å². The SMILES string of the molecule is CCOC(=O)c1ccc(OC(=O)c2c[nH]c3ccc(NC(=O)Cc4ccc(OC)cc4)cc23)cc1. The summed E-state index contributed by atoms with van der Waals surface area (Å²) in [6.45, 7) is 2.01. The van der Waals surface area contributed by atoms with Crippen LogP contribution in [0.5, 0.6) is 11.5 Å². The Hall–Kier alpha value is -4.59. The molecule has 0 radical (unpaired) electrons. The van der Waals surface area contributed by atoms with E-state index < -0.39 is 11.9 Å². The van der Waals surface area contributed by atoms with Gasteiger partial charge < -0.3 is 24.5 Å². The van der Waals surface area contributed by atoms with Gasteiger partial charge in [-0.25, -0.2) is 9.59 Å². The molecule has 0 fully saturated rings. The number of esters is 2. The smallest absolute Gasteiger partial charge is 0.345 e. The first-order valence-electron chi connectivity index (χ1n) is 11.0. The number of aromatic amines is 1. The van der Waals surface area contributed by atoms with Crippen LogP contribution in [0.25, 0.3) is 10.9 Å². The minimum absolute atomic E-state index is 0.184. The molecule has 3 aromatic carbocycles. The van der Waals surface area contributed by atoms with E-state index >= 15 is 0 Å². The second-order valence-electron chi connectivity index (χ2n) is 7.67. The minimum Gasteiger partial charge on any atom is -0.497 e. The molecule has 178 valence electrons. The number of hydrogen-bond acceptors (Lipinski definition) is 6. The van der Waals surface area contributed by atoms with Gasteiger partial charge in [-0.3, -0.25) is 4.79 Å². The molecule has 0 aliphatic rings. The number of anilines is 1. The van der Waals surface area contributed by atoms with Gasteiger partial charge in [-0.05, 0) is 67.1 Å². The first kappa shape index (κ1) is 23.6. The maximum Gasteiger partial charge on any atom is 0.345 e. The summed E-state index contributed by atoms with van der Waals surface area (Å²) in [6.07, 6.45) is 1.76. The Morgan fingerprint density at radius 1 is 0.886 bits per heavy atom. The van der Waals surface area contributed by atoms with Crippen molar-refractivity contribution < 1.29 is 28.6 Å². The van der Waals surface area contributed by atoms with Crippen molar-refractivity contribution in [3.8, 4) is 11.5 Å². The van der Waals surface area contributed by atoms with Crippen molar-refractivity contribution in [2.45, 2.75) is 13.3 Å². The Bertz CT molecular complexity index is 1360. The molecular weight excluding hydrogens is 448 g/mol. The number of fused-ring (bicyclic) bond motifs is 1. The van der Waals surface area contributed by atoms with Gasteiger partial charge in [-0.1, -0.05) is 12.1 Å². The van der Waals surface area contributed by atoms with Crippen LogP contribution in [0.15, 0.2) is 72.9 Å². The molecule has 0 unspecified atom stereocenters. The Labute approximate surface area is 201 Å². The van der Waals surface area contributed by atoms with E-state index in [1.807, 2.05) is 12.1 Å². The largest absolute Gasteiger partial charge is 0.497 e. The summed E-state index contributed by atoms with van der Waals surface area (Å²) in [6, 6.07) is 18.7. The highest BCUT2D eigenvalue weighted by molar-refractivity contribution is 6.06. The molecule has 8 nitrogen and oxygen atoms in total. The van der Waals surface area contributed by atoms with Crippen molar-refractivity contribution >= 4 is 34.4 Å². The monoisotopic (exact) mass is 472 g/mol. The number of amides is 1. The lowest BCUT2D eigenvalue weighted by molar-refractivity contribution is -0.115. The van der Waals surface area contributed by atoms with Crippen molar-refractivity contribution in [3.05, 3.63) is 89.6 Å². The molecule has 1 amide bonds. The number of ether oxygens (including phenoxy) is 3. The van der Waals surface area contributed by atoms with Gasteiger partial charge in [0.1, 0.15) is 11.5 Å². The Kier molecular flexibility index (Phi) is 7.11. The first-order chi connectivity index (χ1) is 17.0. The number of rotatable bonds is 8. The molecule has 0 aliphatic carbocycles. The molecule has 0 bridgehead atoms. The lowest BCUT2D eigenvalue weighted by atomic mass is 10.1. The number of nitrogens with one attached hydrogen (secondary N) is 2. The van der Waals surface area contributed by atoms with E-state index in [9.17, 15) is 14.4 Å². The number of benzene rings is 3. The molecule has 1 aromatic heterocycles. The van der Waals surface area contributed by atoms with Gasteiger partial charge in [0, 0.05) is 22.8 Å². The molecule has 1 heterocycles. The van der Waals surface area contributed by atoms with E-state index in [0.29, 0.717) is 28.0 Å².